The Morgan fingerprint density at radius 2 is 1.85 bits per heavy atom. The molecular formula is C12H15P. The van der Waals surface area contributed by atoms with Gasteiger partial charge in [-0.2, -0.15) is 0 Å². The Kier molecular flexibility index (Phi) is 4.49. The molecule has 0 nitrogen and oxygen atoms in total. The molecule has 0 aromatic heterocycles. The molecule has 0 heterocycles. The van der Waals surface area contributed by atoms with Gasteiger partial charge in [0.15, 0.2) is 0 Å². The van der Waals surface area contributed by atoms with Gasteiger partial charge in [0.05, 0.1) is 0 Å². The van der Waals surface area contributed by atoms with E-state index in [4.69, 9.17) is 0 Å². The van der Waals surface area contributed by atoms with Crippen LogP contribution in [-0.4, -0.2) is 6.16 Å². The van der Waals surface area contributed by atoms with Crippen LogP contribution in [0.5, 0.6) is 0 Å². The molecule has 1 aromatic rings. The first-order valence-corrected chi connectivity index (χ1v) is 6.03. The van der Waals surface area contributed by atoms with Crippen LogP contribution < -0.4 is 5.30 Å². The van der Waals surface area contributed by atoms with Crippen LogP contribution in [0.15, 0.2) is 55.4 Å². The minimum Gasteiger partial charge on any atom is -0.103 e. The fraction of sp³-hybridized carbons (Fsp3) is 0.167. The van der Waals surface area contributed by atoms with Crippen LogP contribution >= 0.6 is 7.92 Å². The number of allylic oxidation sites excluding steroid dienone is 1. The van der Waals surface area contributed by atoms with Gasteiger partial charge in [-0.3, -0.25) is 0 Å². The zero-order chi connectivity index (χ0) is 9.52. The molecule has 1 heteroatoms. The molecule has 0 N–H and O–H groups in total. The fourth-order valence-electron chi connectivity index (χ4n) is 1.18. The monoisotopic (exact) mass is 190 g/mol. The first-order valence-electron chi connectivity index (χ1n) is 4.43. The van der Waals surface area contributed by atoms with Crippen LogP contribution in [0.1, 0.15) is 6.42 Å². The van der Waals surface area contributed by atoms with Crippen molar-refractivity contribution in [3.63, 3.8) is 0 Å². The van der Waals surface area contributed by atoms with Crippen LogP contribution in [-0.2, 0) is 0 Å². The third-order valence-corrected chi connectivity index (χ3v) is 4.02. The lowest BCUT2D eigenvalue weighted by Gasteiger charge is -2.11. The summed E-state index contributed by atoms with van der Waals surface area (Å²) in [6.45, 7) is 7.62. The highest BCUT2D eigenvalue weighted by Gasteiger charge is 2.03. The summed E-state index contributed by atoms with van der Waals surface area (Å²) in [5.74, 6) is 2.08. The Morgan fingerprint density at radius 1 is 1.15 bits per heavy atom. The predicted molar refractivity (Wildman–Crippen MR) is 62.9 cm³/mol. The third-order valence-electron chi connectivity index (χ3n) is 1.88. The molecule has 1 aromatic carbocycles. The second-order valence-corrected chi connectivity index (χ2v) is 5.06. The molecule has 13 heavy (non-hydrogen) atoms. The van der Waals surface area contributed by atoms with Gasteiger partial charge in [0, 0.05) is 0 Å². The summed E-state index contributed by atoms with van der Waals surface area (Å²) in [7, 11) is -0.167. The van der Waals surface area contributed by atoms with Crippen LogP contribution in [0, 0.1) is 0 Å². The molecule has 0 bridgehead atoms. The molecule has 1 atom stereocenters. The van der Waals surface area contributed by atoms with Gasteiger partial charge >= 0.3 is 0 Å². The predicted octanol–water partition coefficient (Wildman–Crippen LogP) is 3.51. The van der Waals surface area contributed by atoms with Gasteiger partial charge < -0.3 is 0 Å². The van der Waals surface area contributed by atoms with Crippen molar-refractivity contribution in [3.05, 3.63) is 55.4 Å². The van der Waals surface area contributed by atoms with Crippen LogP contribution in [0.2, 0.25) is 0 Å². The molecule has 1 rings (SSSR count). The summed E-state index contributed by atoms with van der Waals surface area (Å²) in [4.78, 5) is 0. The SMILES string of the molecule is C=CCC[P@](C=C)c1ccccc1. The lowest BCUT2D eigenvalue weighted by atomic mass is 10.4. The molecule has 0 spiro atoms. The first kappa shape index (κ1) is 10.2. The highest BCUT2D eigenvalue weighted by Crippen LogP contribution is 2.35. The highest BCUT2D eigenvalue weighted by molar-refractivity contribution is 7.68. The van der Waals surface area contributed by atoms with Crippen molar-refractivity contribution in [2.45, 2.75) is 6.42 Å². The van der Waals surface area contributed by atoms with E-state index in [0.717, 1.165) is 6.42 Å². The Balaban J connectivity index is 2.66. The quantitative estimate of drug-likeness (QED) is 0.492. The van der Waals surface area contributed by atoms with Crippen molar-refractivity contribution in [2.24, 2.45) is 0 Å². The topological polar surface area (TPSA) is 0 Å². The average molecular weight is 190 g/mol. The van der Waals surface area contributed by atoms with Gasteiger partial charge in [0.1, 0.15) is 0 Å². The first-order chi connectivity index (χ1) is 6.38. The molecule has 0 saturated carbocycles. The van der Waals surface area contributed by atoms with E-state index in [1.54, 1.807) is 0 Å². The zero-order valence-corrected chi connectivity index (χ0v) is 8.71. The lowest BCUT2D eigenvalue weighted by molar-refractivity contribution is 1.24. The molecule has 0 aliphatic carbocycles. The minimum atomic E-state index is -0.167. The van der Waals surface area contributed by atoms with E-state index in [0.29, 0.717) is 0 Å². The second-order valence-electron chi connectivity index (χ2n) is 2.79. The summed E-state index contributed by atoms with van der Waals surface area (Å²) in [6, 6.07) is 10.6. The summed E-state index contributed by atoms with van der Waals surface area (Å²) >= 11 is 0. The van der Waals surface area contributed by atoms with Crippen molar-refractivity contribution in [1.29, 1.82) is 0 Å². The van der Waals surface area contributed by atoms with Crippen molar-refractivity contribution < 1.29 is 0 Å². The normalized spacial score (nSPS) is 12.0. The number of hydrogen-bond donors (Lipinski definition) is 0. The largest absolute Gasteiger partial charge is 0.103 e. The van der Waals surface area contributed by atoms with Gasteiger partial charge in [-0.15, -0.1) is 6.58 Å². The van der Waals surface area contributed by atoms with E-state index < -0.39 is 0 Å². The maximum absolute atomic E-state index is 3.88. The van der Waals surface area contributed by atoms with Gasteiger partial charge in [-0.05, 0) is 17.9 Å². The van der Waals surface area contributed by atoms with Crippen LogP contribution in [0.4, 0.5) is 0 Å². The number of benzene rings is 1. The van der Waals surface area contributed by atoms with Gasteiger partial charge in [0.25, 0.3) is 0 Å². The second kappa shape index (κ2) is 5.72. The standard InChI is InChI=1S/C12H15P/c1-3-5-11-13(4-2)12-9-7-6-8-10-12/h3-4,6-10H,1-2,5,11H2/t13-/m0/s1. The van der Waals surface area contributed by atoms with Crippen molar-refractivity contribution >= 4 is 13.2 Å². The molecule has 0 aliphatic heterocycles. The minimum absolute atomic E-state index is 0.167. The Labute approximate surface area is 81.7 Å². The van der Waals surface area contributed by atoms with Crippen molar-refractivity contribution in [3.8, 4) is 0 Å². The Bertz CT molecular complexity index is 264. The smallest absolute Gasteiger partial charge is 0.0201 e. The molecule has 0 saturated heterocycles. The molecule has 68 valence electrons. The Morgan fingerprint density at radius 3 is 2.38 bits per heavy atom. The van der Waals surface area contributed by atoms with Gasteiger partial charge in [0.2, 0.25) is 0 Å². The molecule has 0 aliphatic rings. The Hall–Kier alpha value is -0.870. The maximum atomic E-state index is 3.88. The summed E-state index contributed by atoms with van der Waals surface area (Å²) in [5.41, 5.74) is 0. The summed E-state index contributed by atoms with van der Waals surface area (Å²) in [5, 5.41) is 1.41. The van der Waals surface area contributed by atoms with Crippen molar-refractivity contribution in [2.75, 3.05) is 6.16 Å². The van der Waals surface area contributed by atoms with E-state index in [-0.39, 0.29) is 7.92 Å². The lowest BCUT2D eigenvalue weighted by Crippen LogP contribution is -1.99. The average Bonchev–Trinajstić information content (AvgIpc) is 2.21. The van der Waals surface area contributed by atoms with Crippen molar-refractivity contribution in [1.82, 2.24) is 0 Å². The number of hydrogen-bond acceptors (Lipinski definition) is 0. The van der Waals surface area contributed by atoms with Gasteiger partial charge in [-0.25, -0.2) is 0 Å². The van der Waals surface area contributed by atoms with E-state index >= 15 is 0 Å². The van der Waals surface area contributed by atoms with E-state index in [2.05, 4.69) is 43.2 Å². The number of rotatable bonds is 5. The van der Waals surface area contributed by atoms with Crippen LogP contribution in [0.3, 0.4) is 0 Å². The molecule has 0 amide bonds. The van der Waals surface area contributed by atoms with E-state index in [9.17, 15) is 0 Å². The summed E-state index contributed by atoms with van der Waals surface area (Å²) < 4.78 is 0. The maximum Gasteiger partial charge on any atom is -0.0201 e. The van der Waals surface area contributed by atoms with Crippen LogP contribution in [0.25, 0.3) is 0 Å². The molecule has 0 radical (unpaired) electrons. The highest BCUT2D eigenvalue weighted by atomic mass is 31.1. The zero-order valence-electron chi connectivity index (χ0n) is 7.82. The summed E-state index contributed by atoms with van der Waals surface area (Å²) in [6.07, 6.45) is 4.22. The molecule has 0 fully saturated rings. The molecule has 0 unspecified atom stereocenters. The van der Waals surface area contributed by atoms with Gasteiger partial charge in [-0.1, -0.05) is 56.7 Å². The molecular weight excluding hydrogens is 175 g/mol. The van der Waals surface area contributed by atoms with E-state index in [1.807, 2.05) is 12.1 Å². The third kappa shape index (κ3) is 3.16. The fourth-order valence-corrected chi connectivity index (χ4v) is 2.84. The van der Waals surface area contributed by atoms with E-state index in [1.165, 1.54) is 11.5 Å².